The molecule has 4 aromatic heterocycles. The van der Waals surface area contributed by atoms with Gasteiger partial charge in [0.1, 0.15) is 41.6 Å². The Morgan fingerprint density at radius 3 is 2.62 bits per heavy atom. The summed E-state index contributed by atoms with van der Waals surface area (Å²) in [4.78, 5) is 27.6. The molecule has 1 fully saturated rings. The fourth-order valence-corrected chi connectivity index (χ4v) is 7.80. The van der Waals surface area contributed by atoms with Gasteiger partial charge >= 0.3 is 0 Å². The van der Waals surface area contributed by atoms with Crippen molar-refractivity contribution in [1.82, 2.24) is 29.5 Å². The molecule has 11 nitrogen and oxygen atoms in total. The number of fused-ring (bicyclic) bond motifs is 1. The van der Waals surface area contributed by atoms with E-state index in [0.29, 0.717) is 55.7 Å². The van der Waals surface area contributed by atoms with Crippen LogP contribution in [0.5, 0.6) is 17.4 Å². The second-order valence-electron chi connectivity index (χ2n) is 13.1. The van der Waals surface area contributed by atoms with Crippen molar-refractivity contribution in [3.8, 4) is 39.1 Å². The predicted octanol–water partition coefficient (Wildman–Crippen LogP) is 8.19. The fourth-order valence-electron chi connectivity index (χ4n) is 6.47. The molecule has 0 spiro atoms. The first-order valence-corrected chi connectivity index (χ1v) is 19.0. The van der Waals surface area contributed by atoms with E-state index in [0.717, 1.165) is 32.7 Å². The number of para-hydroxylation sites is 1. The van der Waals surface area contributed by atoms with Crippen LogP contribution in [-0.4, -0.2) is 87.8 Å². The third-order valence-corrected chi connectivity index (χ3v) is 11.1. The van der Waals surface area contributed by atoms with Crippen molar-refractivity contribution in [3.05, 3.63) is 95.0 Å². The smallest absolute Gasteiger partial charge is 0.278 e. The lowest BCUT2D eigenvalue weighted by Gasteiger charge is -2.32. The first-order valence-electron chi connectivity index (χ1n) is 18.8. The van der Waals surface area contributed by atoms with Gasteiger partial charge in [0.2, 0.25) is 5.88 Å². The highest BCUT2D eigenvalue weighted by molar-refractivity contribution is 7.22. The van der Waals surface area contributed by atoms with Crippen molar-refractivity contribution in [2.24, 2.45) is 0 Å². The highest BCUT2D eigenvalue weighted by Gasteiger charge is 2.34. The van der Waals surface area contributed by atoms with E-state index < -0.39 is 30.6 Å². The normalized spacial score (nSPS) is 15.8. The van der Waals surface area contributed by atoms with Crippen LogP contribution >= 0.6 is 22.9 Å². The van der Waals surface area contributed by atoms with Crippen LogP contribution in [-0.2, 0) is 17.9 Å². The maximum absolute atomic E-state index is 16.9. The van der Waals surface area contributed by atoms with E-state index >= 15 is 4.39 Å². The number of piperazine rings is 1. The number of nitrogens with zero attached hydrogens (tertiary/aromatic N) is 6. The molecular formula is C40H41ClF2N6O5S. The van der Waals surface area contributed by atoms with Gasteiger partial charge in [-0.15, -0.1) is 11.3 Å². The Bertz CT molecular complexity index is 2380. The summed E-state index contributed by atoms with van der Waals surface area (Å²) in [6, 6.07) is 12.9. The van der Waals surface area contributed by atoms with E-state index in [1.807, 2.05) is 19.9 Å². The van der Waals surface area contributed by atoms with E-state index in [1.54, 1.807) is 18.2 Å². The number of likely N-dealkylation sites (N-methyl/N-ethyl adjacent to an activating group) is 1. The monoisotopic (exact) mass is 792 g/mol. The number of ketones is 1. The number of hydrogen-bond acceptors (Lipinski definition) is 11. The van der Waals surface area contributed by atoms with Gasteiger partial charge in [-0.1, -0.05) is 35.9 Å². The van der Waals surface area contributed by atoms with Crippen LogP contribution in [0, 0.1) is 12.9 Å². The van der Waals surface area contributed by atoms with Crippen LogP contribution in [0.15, 0.2) is 71.5 Å². The molecule has 0 unspecified atom stereocenters. The number of rotatable bonds is 15. The number of furan rings is 1. The highest BCUT2D eigenvalue weighted by Crippen LogP contribution is 2.50. The fraction of sp³-hybridized carbons (Fsp3) is 0.350. The van der Waals surface area contributed by atoms with Crippen LogP contribution in [0.2, 0.25) is 5.02 Å². The van der Waals surface area contributed by atoms with Gasteiger partial charge < -0.3 is 23.5 Å². The van der Waals surface area contributed by atoms with Gasteiger partial charge in [0.05, 0.1) is 23.7 Å². The molecule has 0 N–H and O–H groups in total. The standard InChI is InChI=1S/C40H41ClF2N6O5S/c1-5-49-26(14-15-46-49)22-52-29-9-7-6-8-28(29)36(43)37(25(3)50)54-39-34-33(38(31-12-13-32(42)53-31)55-40(34)45-23-44-39)27-10-11-30(35(41)24(27)2)51-21-20-48-18-16-47(4)17-19-48/h6-15,23,36-37H,5,16-22H2,1-4H3/t36-,37-/m0/s1/i22D2. The molecule has 0 saturated carbocycles. The molecule has 2 aromatic carbocycles. The highest BCUT2D eigenvalue weighted by atomic mass is 35.5. The van der Waals surface area contributed by atoms with Crippen molar-refractivity contribution in [2.45, 2.75) is 46.2 Å². The van der Waals surface area contributed by atoms with Gasteiger partial charge in [-0.05, 0) is 63.2 Å². The molecule has 55 heavy (non-hydrogen) atoms. The summed E-state index contributed by atoms with van der Waals surface area (Å²) in [7, 11) is 2.11. The Morgan fingerprint density at radius 2 is 1.87 bits per heavy atom. The first-order chi connectivity index (χ1) is 27.4. The summed E-state index contributed by atoms with van der Waals surface area (Å²) < 4.78 is 73.6. The SMILES string of the molecule is [2H]C([2H])(Oc1ccccc1[C@H](F)[C@@H](Oc1ncnc2sc(-c3ccc(F)o3)c(-c3ccc(OCCN4CCN(C)CC4)c(Cl)c3C)c12)C(C)=O)c1ccnn1CC. The van der Waals surface area contributed by atoms with Crippen molar-refractivity contribution in [1.29, 1.82) is 0 Å². The van der Waals surface area contributed by atoms with Crippen LogP contribution in [0.25, 0.3) is 32.0 Å². The quantitative estimate of drug-likeness (QED) is 0.101. The Morgan fingerprint density at radius 1 is 1.07 bits per heavy atom. The van der Waals surface area contributed by atoms with Gasteiger partial charge in [0.15, 0.2) is 18.1 Å². The number of aromatic nitrogens is 4. The minimum atomic E-state index is -2.40. The molecule has 6 aromatic rings. The van der Waals surface area contributed by atoms with Crippen molar-refractivity contribution in [3.63, 3.8) is 0 Å². The third kappa shape index (κ3) is 8.23. The average Bonchev–Trinajstić information content (AvgIpc) is 3.95. The lowest BCUT2D eigenvalue weighted by molar-refractivity contribution is -0.126. The molecule has 0 radical (unpaired) electrons. The minimum absolute atomic E-state index is 0.113. The number of carbonyl (C=O) groups is 1. The molecule has 1 aliphatic heterocycles. The van der Waals surface area contributed by atoms with E-state index in [4.69, 9.17) is 33.0 Å². The van der Waals surface area contributed by atoms with Crippen LogP contribution < -0.4 is 14.2 Å². The minimum Gasteiger partial charge on any atom is -0.491 e. The molecule has 0 amide bonds. The van der Waals surface area contributed by atoms with E-state index in [1.165, 1.54) is 65.8 Å². The summed E-state index contributed by atoms with van der Waals surface area (Å²) in [5.74, 6) is -0.215. The molecule has 15 heteroatoms. The summed E-state index contributed by atoms with van der Waals surface area (Å²) in [5, 5.41) is 4.81. The molecule has 2 atom stereocenters. The maximum Gasteiger partial charge on any atom is 0.278 e. The number of halogens is 3. The van der Waals surface area contributed by atoms with Crippen molar-refractivity contribution < 1.29 is 34.9 Å². The number of hydrogen-bond donors (Lipinski definition) is 0. The molecule has 288 valence electrons. The van der Waals surface area contributed by atoms with Crippen molar-refractivity contribution in [2.75, 3.05) is 46.4 Å². The van der Waals surface area contributed by atoms with Crippen LogP contribution in [0.4, 0.5) is 8.78 Å². The molecule has 7 rings (SSSR count). The first kappa shape index (κ1) is 35.8. The average molecular weight is 793 g/mol. The number of Topliss-reactive ketones (excluding diaryl/α,β-unsaturated/α-hetero) is 1. The molecule has 5 heterocycles. The predicted molar refractivity (Wildman–Crippen MR) is 207 cm³/mol. The van der Waals surface area contributed by atoms with Gasteiger partial charge in [-0.2, -0.15) is 9.49 Å². The number of alkyl halides is 1. The number of thiophene rings is 1. The van der Waals surface area contributed by atoms with Gasteiger partial charge in [0, 0.05) is 62.7 Å². The largest absolute Gasteiger partial charge is 0.491 e. The zero-order valence-electron chi connectivity index (χ0n) is 32.7. The number of benzene rings is 2. The summed E-state index contributed by atoms with van der Waals surface area (Å²) >= 11 is 8.15. The Kier molecular flexibility index (Phi) is 11.0. The van der Waals surface area contributed by atoms with E-state index in [2.05, 4.69) is 31.9 Å². The molecule has 0 bridgehead atoms. The molecule has 0 aliphatic carbocycles. The second-order valence-corrected chi connectivity index (χ2v) is 14.5. The third-order valence-electron chi connectivity index (χ3n) is 9.53. The van der Waals surface area contributed by atoms with Crippen LogP contribution in [0.3, 0.4) is 0 Å². The molecule has 1 aliphatic rings. The Balaban J connectivity index is 1.24. The van der Waals surface area contributed by atoms with Crippen LogP contribution in [0.1, 0.15) is 39.6 Å². The number of aryl methyl sites for hydroxylation is 1. The second kappa shape index (κ2) is 16.9. The van der Waals surface area contributed by atoms with Gasteiger partial charge in [-0.25, -0.2) is 14.4 Å². The number of ether oxygens (including phenoxy) is 3. The lowest BCUT2D eigenvalue weighted by atomic mass is 9.97. The Labute approximate surface area is 329 Å². The molecular weight excluding hydrogens is 750 g/mol. The number of carbonyl (C=O) groups excluding carboxylic acids is 1. The zero-order chi connectivity index (χ0) is 40.4. The van der Waals surface area contributed by atoms with Crippen molar-refractivity contribution >= 4 is 38.9 Å². The molecule has 1 saturated heterocycles. The Hall–Kier alpha value is -4.89. The lowest BCUT2D eigenvalue weighted by Crippen LogP contribution is -2.45. The maximum atomic E-state index is 16.9. The summed E-state index contributed by atoms with van der Waals surface area (Å²) in [6.45, 7) is 7.88. The zero-order valence-corrected chi connectivity index (χ0v) is 32.3. The van der Waals surface area contributed by atoms with E-state index in [-0.39, 0.29) is 28.6 Å². The van der Waals surface area contributed by atoms with Gasteiger partial charge in [-0.3, -0.25) is 14.4 Å². The summed E-state index contributed by atoms with van der Waals surface area (Å²) in [6.07, 6.45) is -1.20. The topological polar surface area (TPSA) is 108 Å². The van der Waals surface area contributed by atoms with E-state index in [9.17, 15) is 9.18 Å². The summed E-state index contributed by atoms with van der Waals surface area (Å²) in [5.41, 5.74) is 1.74. The van der Waals surface area contributed by atoms with Gasteiger partial charge in [0.25, 0.3) is 6.01 Å².